The Balaban J connectivity index is 1.63. The summed E-state index contributed by atoms with van der Waals surface area (Å²) in [5.74, 6) is -0.877. The van der Waals surface area contributed by atoms with Crippen LogP contribution in [0, 0.1) is 11.3 Å². The SMILES string of the molecule is CC(C)(C)OP(=O)(OC[C@@]12C[C@@H]1[C@@H](n1ccc(=O)[nH]c1=O)[C@@H]1OC(C)(C)O[C@@H]12)OC(C)(C)C. The highest BCUT2D eigenvalue weighted by Crippen LogP contribution is 2.72. The third-order valence-electron chi connectivity index (χ3n) is 6.06. The predicted molar refractivity (Wildman–Crippen MR) is 120 cm³/mol. The van der Waals surface area contributed by atoms with E-state index in [1.165, 1.54) is 16.8 Å². The van der Waals surface area contributed by atoms with E-state index in [4.69, 9.17) is 23.0 Å². The second-order valence-corrected chi connectivity index (χ2v) is 13.2. The first kappa shape index (κ1) is 24.8. The van der Waals surface area contributed by atoms with Gasteiger partial charge in [-0.1, -0.05) is 0 Å². The first-order valence-corrected chi connectivity index (χ1v) is 12.7. The minimum atomic E-state index is -3.92. The molecule has 1 aromatic heterocycles. The second-order valence-electron chi connectivity index (χ2n) is 11.7. The molecule has 33 heavy (non-hydrogen) atoms. The van der Waals surface area contributed by atoms with Crippen molar-refractivity contribution >= 4 is 7.82 Å². The van der Waals surface area contributed by atoms with Crippen LogP contribution in [0.25, 0.3) is 0 Å². The normalized spacial score (nSPS) is 33.1. The van der Waals surface area contributed by atoms with Gasteiger partial charge in [-0.3, -0.25) is 27.9 Å². The van der Waals surface area contributed by atoms with Gasteiger partial charge in [0.15, 0.2) is 5.79 Å². The molecule has 3 aliphatic rings. The Labute approximate surface area is 193 Å². The largest absolute Gasteiger partial charge is 0.475 e. The van der Waals surface area contributed by atoms with Gasteiger partial charge < -0.3 is 9.47 Å². The average Bonchev–Trinajstić information content (AvgIpc) is 3.14. The zero-order valence-corrected chi connectivity index (χ0v) is 21.4. The Morgan fingerprint density at radius 2 is 1.73 bits per heavy atom. The van der Waals surface area contributed by atoms with Gasteiger partial charge in [-0.05, 0) is 67.7 Å². The van der Waals surface area contributed by atoms with Gasteiger partial charge >= 0.3 is 13.5 Å². The predicted octanol–water partition coefficient (Wildman–Crippen LogP) is 3.37. The van der Waals surface area contributed by atoms with Crippen LogP contribution in [0.15, 0.2) is 21.9 Å². The summed E-state index contributed by atoms with van der Waals surface area (Å²) in [7, 11) is -3.92. The van der Waals surface area contributed by atoms with E-state index in [9.17, 15) is 14.2 Å². The van der Waals surface area contributed by atoms with Gasteiger partial charge in [0.1, 0.15) is 6.10 Å². The number of aromatic nitrogens is 2. The van der Waals surface area contributed by atoms with Gasteiger partial charge in [0.05, 0.1) is 30.0 Å². The van der Waals surface area contributed by atoms with Crippen molar-refractivity contribution in [3.8, 4) is 0 Å². The number of nitrogens with one attached hydrogen (secondary N) is 1. The van der Waals surface area contributed by atoms with Crippen molar-refractivity contribution in [2.45, 2.75) is 97.0 Å². The summed E-state index contributed by atoms with van der Waals surface area (Å²) in [6.45, 7) is 14.4. The van der Waals surface area contributed by atoms with Crippen molar-refractivity contribution in [2.75, 3.05) is 6.61 Å². The molecular weight excluding hydrogens is 451 g/mol. The summed E-state index contributed by atoms with van der Waals surface area (Å²) in [6.07, 6.45) is 1.38. The molecule has 0 spiro atoms. The van der Waals surface area contributed by atoms with Crippen LogP contribution in [0.3, 0.4) is 0 Å². The van der Waals surface area contributed by atoms with Crippen LogP contribution < -0.4 is 11.2 Å². The number of nitrogens with zero attached hydrogens (tertiary/aromatic N) is 1. The molecule has 1 N–H and O–H groups in total. The lowest BCUT2D eigenvalue weighted by Crippen LogP contribution is -2.39. The summed E-state index contributed by atoms with van der Waals surface area (Å²) in [6, 6.07) is 0.967. The molecule has 186 valence electrons. The fourth-order valence-corrected chi connectivity index (χ4v) is 6.94. The van der Waals surface area contributed by atoms with Gasteiger partial charge in [0, 0.05) is 17.7 Å². The molecule has 0 bridgehead atoms. The summed E-state index contributed by atoms with van der Waals surface area (Å²) in [5, 5.41) is 0. The van der Waals surface area contributed by atoms with Crippen molar-refractivity contribution < 1.29 is 27.6 Å². The maximum Gasteiger partial charge on any atom is 0.475 e. The van der Waals surface area contributed by atoms with Crippen molar-refractivity contribution in [2.24, 2.45) is 11.3 Å². The van der Waals surface area contributed by atoms with E-state index in [-0.39, 0.29) is 24.7 Å². The highest BCUT2D eigenvalue weighted by Gasteiger charge is 2.76. The molecule has 0 radical (unpaired) electrons. The Bertz CT molecular complexity index is 1060. The van der Waals surface area contributed by atoms with E-state index in [1.54, 1.807) is 41.5 Å². The molecule has 2 aliphatic carbocycles. The number of hydrogen-bond acceptors (Lipinski definition) is 8. The molecule has 5 atom stereocenters. The maximum atomic E-state index is 13.6. The number of phosphoric ester groups is 1. The molecule has 0 amide bonds. The lowest BCUT2D eigenvalue weighted by atomic mass is 10.0. The quantitative estimate of drug-likeness (QED) is 0.608. The fraction of sp³-hybridized carbons (Fsp3) is 0.818. The number of H-pyrrole nitrogens is 1. The standard InChI is InChI=1S/C22H35N2O8P/c1-19(2,3)31-33(27,32-20(4,5)6)28-12-22-11-13(22)15(16-17(22)30-21(7,8)29-16)24-10-9-14(25)23-18(24)26/h9-10,13,15-17H,11-12H2,1-8H3,(H,23,25,26)/t13-,15-,16+,17+,22+/m1/s1. The van der Waals surface area contributed by atoms with Crippen molar-refractivity contribution in [3.63, 3.8) is 0 Å². The van der Waals surface area contributed by atoms with Crippen LogP contribution in [0.5, 0.6) is 0 Å². The van der Waals surface area contributed by atoms with E-state index >= 15 is 0 Å². The Hall–Kier alpha value is -1.29. The van der Waals surface area contributed by atoms with Crippen LogP contribution in [0.2, 0.25) is 0 Å². The van der Waals surface area contributed by atoms with Crippen LogP contribution >= 0.6 is 7.82 Å². The third kappa shape index (κ3) is 4.92. The molecule has 0 unspecified atom stereocenters. The van der Waals surface area contributed by atoms with Gasteiger partial charge in [0.25, 0.3) is 5.56 Å². The van der Waals surface area contributed by atoms with Gasteiger partial charge in [-0.25, -0.2) is 9.36 Å². The third-order valence-corrected chi connectivity index (χ3v) is 8.05. The summed E-state index contributed by atoms with van der Waals surface area (Å²) in [5.41, 5.74) is -2.97. The topological polar surface area (TPSA) is 118 Å². The number of rotatable bonds is 6. The summed E-state index contributed by atoms with van der Waals surface area (Å²) >= 11 is 0. The first-order chi connectivity index (χ1) is 14.9. The number of ether oxygens (including phenoxy) is 2. The molecule has 10 nitrogen and oxygen atoms in total. The van der Waals surface area contributed by atoms with Crippen molar-refractivity contribution in [1.82, 2.24) is 9.55 Å². The Morgan fingerprint density at radius 1 is 1.12 bits per heavy atom. The summed E-state index contributed by atoms with van der Waals surface area (Å²) < 4.78 is 45.0. The number of fused-ring (bicyclic) bond motifs is 3. The molecule has 1 aromatic rings. The highest BCUT2D eigenvalue weighted by atomic mass is 31.2. The van der Waals surface area contributed by atoms with Crippen LogP contribution in [0.4, 0.5) is 0 Å². The average molecular weight is 487 g/mol. The summed E-state index contributed by atoms with van der Waals surface area (Å²) in [4.78, 5) is 26.5. The first-order valence-electron chi connectivity index (χ1n) is 11.3. The number of hydrogen-bond donors (Lipinski definition) is 1. The van der Waals surface area contributed by atoms with E-state index in [1.807, 2.05) is 13.8 Å². The smallest absolute Gasteiger partial charge is 0.344 e. The molecule has 0 aromatic carbocycles. The highest BCUT2D eigenvalue weighted by molar-refractivity contribution is 7.48. The van der Waals surface area contributed by atoms with E-state index in [0.29, 0.717) is 6.42 Å². The monoisotopic (exact) mass is 486 g/mol. The second kappa shape index (κ2) is 7.60. The van der Waals surface area contributed by atoms with Crippen molar-refractivity contribution in [3.05, 3.63) is 33.1 Å². The van der Waals surface area contributed by atoms with Crippen LogP contribution in [-0.4, -0.2) is 45.4 Å². The van der Waals surface area contributed by atoms with Crippen LogP contribution in [-0.2, 0) is 27.6 Å². The molecule has 1 saturated heterocycles. The van der Waals surface area contributed by atoms with E-state index in [0.717, 1.165) is 0 Å². The number of aromatic amines is 1. The zero-order valence-electron chi connectivity index (χ0n) is 20.5. The molecule has 1 aliphatic heterocycles. The Kier molecular flexibility index (Phi) is 5.72. The van der Waals surface area contributed by atoms with Crippen molar-refractivity contribution in [1.29, 1.82) is 0 Å². The maximum absolute atomic E-state index is 13.6. The molecule has 3 fully saturated rings. The van der Waals surface area contributed by atoms with Gasteiger partial charge in [-0.2, -0.15) is 0 Å². The lowest BCUT2D eigenvalue weighted by molar-refractivity contribution is -0.163. The van der Waals surface area contributed by atoms with E-state index in [2.05, 4.69) is 4.98 Å². The fourth-order valence-electron chi connectivity index (χ4n) is 5.05. The minimum Gasteiger partial charge on any atom is -0.344 e. The minimum absolute atomic E-state index is 0.0232. The lowest BCUT2D eigenvalue weighted by Gasteiger charge is -2.32. The molecule has 11 heteroatoms. The molecule has 2 heterocycles. The molecule has 2 saturated carbocycles. The van der Waals surface area contributed by atoms with Gasteiger partial charge in [0.2, 0.25) is 0 Å². The Morgan fingerprint density at radius 3 is 2.27 bits per heavy atom. The van der Waals surface area contributed by atoms with Crippen LogP contribution in [0.1, 0.15) is 67.9 Å². The van der Waals surface area contributed by atoms with E-state index < -0.39 is 47.6 Å². The molecular formula is C22H35N2O8P. The number of phosphoric acid groups is 1. The molecule has 4 rings (SSSR count). The van der Waals surface area contributed by atoms with Gasteiger partial charge in [-0.15, -0.1) is 0 Å². The zero-order chi connectivity index (χ0) is 24.6.